The molecule has 3 aromatic carbocycles. The zero-order chi connectivity index (χ0) is 26.0. The first-order valence-corrected chi connectivity index (χ1v) is 12.6. The lowest BCUT2D eigenvalue weighted by atomic mass is 9.98. The van der Waals surface area contributed by atoms with Crippen LogP contribution in [0.2, 0.25) is 0 Å². The Bertz CT molecular complexity index is 1180. The second-order valence-electron chi connectivity index (χ2n) is 9.11. The lowest BCUT2D eigenvalue weighted by molar-refractivity contribution is -0.145. The molecule has 7 nitrogen and oxygen atoms in total. The van der Waals surface area contributed by atoms with E-state index in [-0.39, 0.29) is 37.9 Å². The van der Waals surface area contributed by atoms with Gasteiger partial charge in [0.2, 0.25) is 0 Å². The minimum atomic E-state index is -1.12. The fourth-order valence-electron chi connectivity index (χ4n) is 4.64. The number of ether oxygens (including phenoxy) is 2. The van der Waals surface area contributed by atoms with E-state index in [2.05, 4.69) is 17.4 Å². The molecule has 4 rings (SSSR count). The summed E-state index contributed by atoms with van der Waals surface area (Å²) in [5.41, 5.74) is 5.36. The second-order valence-corrected chi connectivity index (χ2v) is 9.11. The highest BCUT2D eigenvalue weighted by molar-refractivity contribution is 5.81. The molecule has 0 fully saturated rings. The van der Waals surface area contributed by atoms with E-state index in [4.69, 9.17) is 9.47 Å². The van der Waals surface area contributed by atoms with Crippen LogP contribution >= 0.6 is 0 Å². The van der Waals surface area contributed by atoms with Crippen LogP contribution in [0.3, 0.4) is 0 Å². The van der Waals surface area contributed by atoms with Gasteiger partial charge in [-0.15, -0.1) is 0 Å². The average molecular weight is 502 g/mol. The van der Waals surface area contributed by atoms with Crippen LogP contribution in [0.5, 0.6) is 0 Å². The largest absolute Gasteiger partial charge is 0.480 e. The maximum atomic E-state index is 12.4. The Balaban J connectivity index is 1.18. The topological polar surface area (TPSA) is 102 Å². The van der Waals surface area contributed by atoms with E-state index in [1.807, 2.05) is 66.7 Å². The molecule has 1 aliphatic carbocycles. The van der Waals surface area contributed by atoms with Crippen molar-refractivity contribution in [3.05, 3.63) is 95.6 Å². The highest BCUT2D eigenvalue weighted by atomic mass is 16.5. The van der Waals surface area contributed by atoms with E-state index in [0.29, 0.717) is 19.3 Å². The highest BCUT2D eigenvalue weighted by Gasteiger charge is 2.29. The minimum absolute atomic E-state index is 0.0944. The molecule has 0 saturated heterocycles. The van der Waals surface area contributed by atoms with Gasteiger partial charge in [0.05, 0.1) is 0 Å². The molecule has 0 spiro atoms. The predicted octanol–water partition coefficient (Wildman–Crippen LogP) is 5.67. The number of unbranched alkanes of at least 4 members (excludes halogenated alkanes) is 2. The predicted molar refractivity (Wildman–Crippen MR) is 139 cm³/mol. The van der Waals surface area contributed by atoms with Crippen LogP contribution < -0.4 is 5.32 Å². The summed E-state index contributed by atoms with van der Waals surface area (Å²) in [6.45, 7) is 0.363. The van der Waals surface area contributed by atoms with Crippen molar-refractivity contribution >= 4 is 18.0 Å². The van der Waals surface area contributed by atoms with Crippen molar-refractivity contribution in [3.63, 3.8) is 0 Å². The van der Waals surface area contributed by atoms with Gasteiger partial charge in [0, 0.05) is 12.3 Å². The Morgan fingerprint density at radius 2 is 1.41 bits per heavy atom. The number of aliphatic carboxylic acids is 1. The van der Waals surface area contributed by atoms with E-state index in [9.17, 15) is 19.5 Å². The number of hydrogen-bond acceptors (Lipinski definition) is 5. The second kappa shape index (κ2) is 12.7. The highest BCUT2D eigenvalue weighted by Crippen LogP contribution is 2.44. The molecule has 1 aliphatic rings. The molecular formula is C30H31NO6. The first-order chi connectivity index (χ1) is 18.0. The van der Waals surface area contributed by atoms with Gasteiger partial charge < -0.3 is 19.9 Å². The number of nitrogens with one attached hydrogen (secondary N) is 1. The Morgan fingerprint density at radius 1 is 0.784 bits per heavy atom. The number of esters is 1. The van der Waals surface area contributed by atoms with E-state index in [0.717, 1.165) is 27.8 Å². The van der Waals surface area contributed by atoms with Crippen molar-refractivity contribution in [2.75, 3.05) is 6.61 Å². The molecule has 0 bridgehead atoms. The molecule has 1 unspecified atom stereocenters. The Hall–Kier alpha value is -4.13. The van der Waals surface area contributed by atoms with Gasteiger partial charge in [0.1, 0.15) is 19.3 Å². The SMILES string of the molecule is O=C(CCCCCC(NC(=O)OCC1c2ccccc2-c2ccccc21)C(=O)O)OCc1ccccc1. The summed E-state index contributed by atoms with van der Waals surface area (Å²) in [6, 6.07) is 24.4. The average Bonchev–Trinajstić information content (AvgIpc) is 3.24. The van der Waals surface area contributed by atoms with Crippen LogP contribution in [-0.4, -0.2) is 35.8 Å². The number of carbonyl (C=O) groups excluding carboxylic acids is 2. The molecule has 0 heterocycles. The third kappa shape index (κ3) is 6.97. The van der Waals surface area contributed by atoms with Gasteiger partial charge in [-0.2, -0.15) is 0 Å². The summed E-state index contributed by atoms with van der Waals surface area (Å²) in [4.78, 5) is 36.0. The van der Waals surface area contributed by atoms with Crippen molar-refractivity contribution in [1.82, 2.24) is 5.32 Å². The molecule has 37 heavy (non-hydrogen) atoms. The van der Waals surface area contributed by atoms with Crippen molar-refractivity contribution < 1.29 is 29.0 Å². The lowest BCUT2D eigenvalue weighted by Gasteiger charge is -2.17. The molecule has 7 heteroatoms. The van der Waals surface area contributed by atoms with E-state index in [1.54, 1.807) is 0 Å². The smallest absolute Gasteiger partial charge is 0.407 e. The monoisotopic (exact) mass is 501 g/mol. The van der Waals surface area contributed by atoms with Crippen LogP contribution in [0.25, 0.3) is 11.1 Å². The number of carboxylic acid groups (broad SMARTS) is 1. The molecule has 0 saturated carbocycles. The van der Waals surface area contributed by atoms with Gasteiger partial charge >= 0.3 is 18.0 Å². The summed E-state index contributed by atoms with van der Waals surface area (Å²) >= 11 is 0. The molecule has 3 aromatic rings. The lowest BCUT2D eigenvalue weighted by Crippen LogP contribution is -2.41. The Morgan fingerprint density at radius 3 is 2.05 bits per heavy atom. The number of fused-ring (bicyclic) bond motifs is 3. The standard InChI is InChI=1S/C30H31NO6/c32-28(36-19-21-11-3-1-4-12-21)18-6-2-5-17-27(29(33)34)31-30(35)37-20-26-24-15-9-7-13-22(24)23-14-8-10-16-25(23)26/h1,3-4,7-16,26-27H,2,5-6,17-20H2,(H,31,35)(H,33,34). The molecule has 1 atom stereocenters. The number of hydrogen-bond donors (Lipinski definition) is 2. The van der Waals surface area contributed by atoms with Crippen LogP contribution in [-0.2, 0) is 25.7 Å². The van der Waals surface area contributed by atoms with Crippen LogP contribution in [0.4, 0.5) is 4.79 Å². The van der Waals surface area contributed by atoms with Gasteiger partial charge in [-0.3, -0.25) is 4.79 Å². The van der Waals surface area contributed by atoms with E-state index in [1.165, 1.54) is 0 Å². The van der Waals surface area contributed by atoms with E-state index < -0.39 is 18.1 Å². The molecule has 0 radical (unpaired) electrons. The first-order valence-electron chi connectivity index (χ1n) is 12.6. The summed E-state index contributed by atoms with van der Waals surface area (Å²) in [5.74, 6) is -1.49. The van der Waals surface area contributed by atoms with Crippen LogP contribution in [0.1, 0.15) is 54.7 Å². The third-order valence-corrected chi connectivity index (χ3v) is 6.55. The third-order valence-electron chi connectivity index (χ3n) is 6.55. The van der Waals surface area contributed by atoms with Gasteiger partial charge in [0.25, 0.3) is 0 Å². The maximum Gasteiger partial charge on any atom is 0.407 e. The molecule has 1 amide bonds. The maximum absolute atomic E-state index is 12.4. The van der Waals surface area contributed by atoms with Crippen LogP contribution in [0.15, 0.2) is 78.9 Å². The molecule has 0 aliphatic heterocycles. The van der Waals surface area contributed by atoms with Gasteiger partial charge in [-0.05, 0) is 40.7 Å². The normalized spacial score (nSPS) is 12.8. The van der Waals surface area contributed by atoms with Crippen molar-refractivity contribution in [2.24, 2.45) is 0 Å². The molecule has 192 valence electrons. The summed E-state index contributed by atoms with van der Waals surface area (Å²) in [5, 5.41) is 12.0. The number of carbonyl (C=O) groups is 3. The minimum Gasteiger partial charge on any atom is -0.480 e. The van der Waals surface area contributed by atoms with Crippen LogP contribution in [0, 0.1) is 0 Å². The molecule has 2 N–H and O–H groups in total. The number of alkyl carbamates (subject to hydrolysis) is 1. The van der Waals surface area contributed by atoms with Crippen molar-refractivity contribution in [2.45, 2.75) is 50.7 Å². The fourth-order valence-corrected chi connectivity index (χ4v) is 4.64. The quantitative estimate of drug-likeness (QED) is 0.245. The fraction of sp³-hybridized carbons (Fsp3) is 0.300. The van der Waals surface area contributed by atoms with Crippen molar-refractivity contribution in [3.8, 4) is 11.1 Å². The number of carboxylic acids is 1. The number of rotatable bonds is 12. The van der Waals surface area contributed by atoms with E-state index >= 15 is 0 Å². The number of amides is 1. The molecular weight excluding hydrogens is 470 g/mol. The van der Waals surface area contributed by atoms with Gasteiger partial charge in [-0.25, -0.2) is 9.59 Å². The zero-order valence-electron chi connectivity index (χ0n) is 20.6. The summed E-state index contributed by atoms with van der Waals surface area (Å²) in [6.07, 6.45) is 1.55. The molecule has 0 aromatic heterocycles. The van der Waals surface area contributed by atoms with Gasteiger partial charge in [0.15, 0.2) is 0 Å². The zero-order valence-corrected chi connectivity index (χ0v) is 20.6. The van der Waals surface area contributed by atoms with Gasteiger partial charge in [-0.1, -0.05) is 91.7 Å². The summed E-state index contributed by atoms with van der Waals surface area (Å²) in [7, 11) is 0. The number of benzene rings is 3. The van der Waals surface area contributed by atoms with Crippen molar-refractivity contribution in [1.29, 1.82) is 0 Å². The summed E-state index contributed by atoms with van der Waals surface area (Å²) < 4.78 is 10.7. The Labute approximate surface area is 216 Å². The first kappa shape index (κ1) is 25.9. The Kier molecular flexibility index (Phi) is 8.92.